The van der Waals surface area contributed by atoms with Crippen LogP contribution in [-0.2, 0) is 0 Å². The van der Waals surface area contributed by atoms with E-state index < -0.39 is 0 Å². The molecule has 1 unspecified atom stereocenters. The molecule has 3 rings (SSSR count). The summed E-state index contributed by atoms with van der Waals surface area (Å²) < 4.78 is 5.38. The van der Waals surface area contributed by atoms with Gasteiger partial charge in [0.05, 0.1) is 16.6 Å². The largest absolute Gasteiger partial charge is 0.399 e. The van der Waals surface area contributed by atoms with E-state index in [-0.39, 0.29) is 6.04 Å². The molecule has 2 aromatic rings. The van der Waals surface area contributed by atoms with Crippen molar-refractivity contribution in [3.8, 4) is 11.5 Å². The number of halogens is 1. The minimum Gasteiger partial charge on any atom is -0.399 e. The van der Waals surface area contributed by atoms with Gasteiger partial charge in [-0.25, -0.2) is 0 Å². The Labute approximate surface area is 128 Å². The Kier molecular flexibility index (Phi) is 3.84. The predicted octanol–water partition coefficient (Wildman–Crippen LogP) is 1.89. The Morgan fingerprint density at radius 2 is 2.14 bits per heavy atom. The molecule has 1 aromatic carbocycles. The molecule has 1 aliphatic heterocycles. The number of benzene rings is 1. The van der Waals surface area contributed by atoms with Gasteiger partial charge in [0.15, 0.2) is 5.82 Å². The second kappa shape index (κ2) is 5.63. The van der Waals surface area contributed by atoms with Crippen molar-refractivity contribution in [2.45, 2.75) is 6.04 Å². The smallest absolute Gasteiger partial charge is 0.259 e. The number of nitrogens with two attached hydrogens (primary N) is 1. The van der Waals surface area contributed by atoms with Crippen LogP contribution >= 0.6 is 11.6 Å². The summed E-state index contributed by atoms with van der Waals surface area (Å²) in [6.07, 6.45) is 0. The normalized spacial score (nSPS) is 20.8. The molecule has 1 fully saturated rings. The van der Waals surface area contributed by atoms with Crippen molar-refractivity contribution >= 4 is 17.3 Å². The number of aromatic nitrogens is 2. The number of rotatable bonds is 2. The van der Waals surface area contributed by atoms with Gasteiger partial charge in [-0.2, -0.15) is 4.98 Å². The molecule has 1 atom stereocenters. The molecule has 0 bridgehead atoms. The number of hydrogen-bond donors (Lipinski definition) is 1. The lowest BCUT2D eigenvalue weighted by atomic mass is 10.1. The molecule has 1 aromatic heterocycles. The maximum absolute atomic E-state index is 6.18. The quantitative estimate of drug-likeness (QED) is 0.854. The van der Waals surface area contributed by atoms with E-state index in [0.717, 1.165) is 19.6 Å². The average Bonchev–Trinajstić information content (AvgIpc) is 2.93. The van der Waals surface area contributed by atoms with Crippen molar-refractivity contribution in [1.82, 2.24) is 19.9 Å². The summed E-state index contributed by atoms with van der Waals surface area (Å²) >= 11 is 6.18. The first-order valence-electron chi connectivity index (χ1n) is 6.82. The average molecular weight is 308 g/mol. The third-order valence-electron chi connectivity index (χ3n) is 3.81. The second-order valence-electron chi connectivity index (χ2n) is 5.46. The number of nitrogen functional groups attached to an aromatic ring is 1. The van der Waals surface area contributed by atoms with Gasteiger partial charge in [-0.05, 0) is 32.3 Å². The van der Waals surface area contributed by atoms with E-state index in [0.29, 0.717) is 28.0 Å². The third kappa shape index (κ3) is 2.88. The van der Waals surface area contributed by atoms with Crippen LogP contribution in [0.2, 0.25) is 5.02 Å². The van der Waals surface area contributed by atoms with E-state index in [9.17, 15) is 0 Å². The molecule has 2 N–H and O–H groups in total. The Hall–Kier alpha value is -1.63. The van der Waals surface area contributed by atoms with Crippen molar-refractivity contribution in [1.29, 1.82) is 0 Å². The molecule has 1 aliphatic rings. The zero-order chi connectivity index (χ0) is 15.0. The van der Waals surface area contributed by atoms with E-state index in [2.05, 4.69) is 34.0 Å². The molecule has 7 heteroatoms. The van der Waals surface area contributed by atoms with Gasteiger partial charge in [-0.1, -0.05) is 16.8 Å². The van der Waals surface area contributed by atoms with Gasteiger partial charge in [-0.15, -0.1) is 0 Å². The first-order valence-corrected chi connectivity index (χ1v) is 7.20. The van der Waals surface area contributed by atoms with Gasteiger partial charge < -0.3 is 15.2 Å². The lowest BCUT2D eigenvalue weighted by Gasteiger charge is -2.35. The van der Waals surface area contributed by atoms with Crippen LogP contribution in [0.4, 0.5) is 5.69 Å². The predicted molar refractivity (Wildman–Crippen MR) is 82.0 cm³/mol. The van der Waals surface area contributed by atoms with Crippen LogP contribution in [-0.4, -0.2) is 53.7 Å². The van der Waals surface area contributed by atoms with E-state index in [1.807, 2.05) is 0 Å². The summed E-state index contributed by atoms with van der Waals surface area (Å²) in [4.78, 5) is 8.99. The van der Waals surface area contributed by atoms with Crippen LogP contribution in [0.3, 0.4) is 0 Å². The van der Waals surface area contributed by atoms with Gasteiger partial charge in [0, 0.05) is 25.3 Å². The minimum atomic E-state index is 0.126. The number of likely N-dealkylation sites (N-methyl/N-ethyl adjacent to an activating group) is 2. The SMILES string of the molecule is CN1CCN(C)C(c2noc(-c3cc(N)ccc3Cl)n2)C1. The standard InChI is InChI=1S/C14H18ClN5O/c1-19-5-6-20(2)12(8-19)13-17-14(21-18-13)10-7-9(16)3-4-11(10)15/h3-4,7,12H,5-6,8,16H2,1-2H3. The molecule has 0 saturated carbocycles. The van der Waals surface area contributed by atoms with Crippen LogP contribution in [0.1, 0.15) is 11.9 Å². The van der Waals surface area contributed by atoms with E-state index >= 15 is 0 Å². The third-order valence-corrected chi connectivity index (χ3v) is 4.14. The molecule has 2 heterocycles. The molecule has 6 nitrogen and oxygen atoms in total. The summed E-state index contributed by atoms with van der Waals surface area (Å²) in [6, 6.07) is 5.35. The summed E-state index contributed by atoms with van der Waals surface area (Å²) in [7, 11) is 4.16. The fourth-order valence-electron chi connectivity index (χ4n) is 2.48. The zero-order valence-electron chi connectivity index (χ0n) is 12.1. The molecule has 0 amide bonds. The Morgan fingerprint density at radius 3 is 2.95 bits per heavy atom. The van der Waals surface area contributed by atoms with Crippen LogP contribution in [0.25, 0.3) is 11.5 Å². The molecule has 0 aliphatic carbocycles. The summed E-state index contributed by atoms with van der Waals surface area (Å²) in [6.45, 7) is 2.89. The lowest BCUT2D eigenvalue weighted by molar-refractivity contribution is 0.108. The van der Waals surface area contributed by atoms with Gasteiger partial charge in [0.25, 0.3) is 5.89 Å². The molecule has 112 valence electrons. The first-order chi connectivity index (χ1) is 10.0. The summed E-state index contributed by atoms with van der Waals surface area (Å²) in [5, 5.41) is 4.67. The highest BCUT2D eigenvalue weighted by molar-refractivity contribution is 6.33. The molecule has 21 heavy (non-hydrogen) atoms. The van der Waals surface area contributed by atoms with Gasteiger partial charge in [0.1, 0.15) is 0 Å². The molecule has 0 radical (unpaired) electrons. The molecular weight excluding hydrogens is 290 g/mol. The fraction of sp³-hybridized carbons (Fsp3) is 0.429. The number of anilines is 1. The highest BCUT2D eigenvalue weighted by atomic mass is 35.5. The highest BCUT2D eigenvalue weighted by Gasteiger charge is 2.28. The second-order valence-corrected chi connectivity index (χ2v) is 5.86. The number of piperazine rings is 1. The van der Waals surface area contributed by atoms with Crippen molar-refractivity contribution in [2.24, 2.45) is 0 Å². The number of nitrogens with zero attached hydrogens (tertiary/aromatic N) is 4. The van der Waals surface area contributed by atoms with Crippen molar-refractivity contribution in [3.63, 3.8) is 0 Å². The van der Waals surface area contributed by atoms with Crippen LogP contribution in [0.15, 0.2) is 22.7 Å². The van der Waals surface area contributed by atoms with Crippen molar-refractivity contribution < 1.29 is 4.52 Å². The van der Waals surface area contributed by atoms with Crippen molar-refractivity contribution in [3.05, 3.63) is 29.0 Å². The Morgan fingerprint density at radius 1 is 1.33 bits per heavy atom. The van der Waals surface area contributed by atoms with E-state index in [4.69, 9.17) is 21.9 Å². The maximum atomic E-state index is 6.18. The van der Waals surface area contributed by atoms with Crippen LogP contribution in [0.5, 0.6) is 0 Å². The highest BCUT2D eigenvalue weighted by Crippen LogP contribution is 2.30. The molecule has 1 saturated heterocycles. The minimum absolute atomic E-state index is 0.126. The van der Waals surface area contributed by atoms with Gasteiger partial charge in [-0.3, -0.25) is 4.90 Å². The first kappa shape index (κ1) is 14.3. The van der Waals surface area contributed by atoms with Gasteiger partial charge in [0.2, 0.25) is 0 Å². The van der Waals surface area contributed by atoms with E-state index in [1.54, 1.807) is 18.2 Å². The van der Waals surface area contributed by atoms with Crippen LogP contribution < -0.4 is 5.73 Å². The monoisotopic (exact) mass is 307 g/mol. The molecule has 0 spiro atoms. The lowest BCUT2D eigenvalue weighted by Crippen LogP contribution is -2.45. The van der Waals surface area contributed by atoms with E-state index in [1.165, 1.54) is 0 Å². The van der Waals surface area contributed by atoms with Crippen molar-refractivity contribution in [2.75, 3.05) is 39.5 Å². The number of hydrogen-bond acceptors (Lipinski definition) is 6. The maximum Gasteiger partial charge on any atom is 0.259 e. The Bertz CT molecular complexity index is 644. The van der Waals surface area contributed by atoms with Crippen LogP contribution in [0, 0.1) is 0 Å². The molecular formula is C14H18ClN5O. The summed E-state index contributed by atoms with van der Waals surface area (Å²) in [5.41, 5.74) is 7.07. The fourth-order valence-corrected chi connectivity index (χ4v) is 2.67. The summed E-state index contributed by atoms with van der Waals surface area (Å²) in [5.74, 6) is 1.08. The van der Waals surface area contributed by atoms with Gasteiger partial charge >= 0.3 is 0 Å². The topological polar surface area (TPSA) is 71.4 Å². The zero-order valence-corrected chi connectivity index (χ0v) is 12.8. The Balaban J connectivity index is 1.91.